The second kappa shape index (κ2) is 18.2. The third kappa shape index (κ3) is 18.1. The quantitative estimate of drug-likeness (QED) is 0.189. The van der Waals surface area contributed by atoms with Gasteiger partial charge >= 0.3 is 5.97 Å². The summed E-state index contributed by atoms with van der Waals surface area (Å²) in [5.41, 5.74) is 0. The Morgan fingerprint density at radius 1 is 0.762 bits per heavy atom. The van der Waals surface area contributed by atoms with Crippen molar-refractivity contribution in [3.05, 3.63) is 0 Å². The van der Waals surface area contributed by atoms with E-state index in [2.05, 4.69) is 11.7 Å². The van der Waals surface area contributed by atoms with Crippen LogP contribution < -0.4 is 0 Å². The molecule has 0 rings (SSSR count). The predicted octanol–water partition coefficient (Wildman–Crippen LogP) is 6.24. The number of carbonyl (C=O) groups is 1. The largest absolute Gasteiger partial charge is 0.469 e. The lowest BCUT2D eigenvalue weighted by Gasteiger charge is -2.03. The van der Waals surface area contributed by atoms with Gasteiger partial charge in [-0.3, -0.25) is 4.79 Å². The van der Waals surface area contributed by atoms with Crippen LogP contribution in [0.15, 0.2) is 0 Å². The highest BCUT2D eigenvalue weighted by Gasteiger charge is 1.99. The molecule has 0 saturated heterocycles. The van der Waals surface area contributed by atoms with E-state index < -0.39 is 0 Å². The summed E-state index contributed by atoms with van der Waals surface area (Å²) >= 11 is 0. The normalized spacial score (nSPS) is 10.8. The molecule has 0 amide bonds. The molecule has 0 radical (unpaired) electrons. The summed E-state index contributed by atoms with van der Waals surface area (Å²) in [7, 11) is 5.40. The van der Waals surface area contributed by atoms with Gasteiger partial charge in [-0.15, -0.1) is 0 Å². The highest BCUT2D eigenvalue weighted by atomic mass is 33.1. The Labute approximate surface area is 139 Å². The minimum atomic E-state index is -0.0812. The van der Waals surface area contributed by atoms with Gasteiger partial charge in [-0.05, 0) is 19.3 Å². The Balaban J connectivity index is 2.98. The average molecular weight is 335 g/mol. The number of ether oxygens (including phenoxy) is 1. The van der Waals surface area contributed by atoms with E-state index in [-0.39, 0.29) is 5.97 Å². The van der Waals surface area contributed by atoms with Crippen LogP contribution in [0, 0.1) is 0 Å². The van der Waals surface area contributed by atoms with Gasteiger partial charge < -0.3 is 4.74 Å². The van der Waals surface area contributed by atoms with Crippen LogP contribution >= 0.6 is 21.6 Å². The van der Waals surface area contributed by atoms with Crippen LogP contribution in [0.2, 0.25) is 0 Å². The van der Waals surface area contributed by atoms with Gasteiger partial charge in [-0.25, -0.2) is 0 Å². The van der Waals surface area contributed by atoms with Crippen molar-refractivity contribution in [3.8, 4) is 0 Å². The van der Waals surface area contributed by atoms with E-state index in [4.69, 9.17) is 0 Å². The molecule has 0 aliphatic heterocycles. The summed E-state index contributed by atoms with van der Waals surface area (Å²) in [5.74, 6) is 2.35. The highest BCUT2D eigenvalue weighted by Crippen LogP contribution is 2.24. The van der Waals surface area contributed by atoms with E-state index in [0.29, 0.717) is 6.42 Å². The predicted molar refractivity (Wildman–Crippen MR) is 98.0 cm³/mol. The number of carbonyl (C=O) groups excluding carboxylic acids is 1. The van der Waals surface area contributed by atoms with Gasteiger partial charge in [0, 0.05) is 17.9 Å². The maximum Gasteiger partial charge on any atom is 0.305 e. The van der Waals surface area contributed by atoms with Crippen LogP contribution in [0.1, 0.15) is 84.0 Å². The van der Waals surface area contributed by atoms with Gasteiger partial charge in [0.15, 0.2) is 0 Å². The molecule has 21 heavy (non-hydrogen) atoms. The van der Waals surface area contributed by atoms with Crippen LogP contribution in [0.25, 0.3) is 0 Å². The van der Waals surface area contributed by atoms with Crippen LogP contribution in [0.3, 0.4) is 0 Å². The molecule has 0 bridgehead atoms. The molecule has 2 nitrogen and oxygen atoms in total. The number of unbranched alkanes of at least 4 members (excludes halogenated alkanes) is 9. The number of hydrogen-bond donors (Lipinski definition) is 0. The smallest absolute Gasteiger partial charge is 0.305 e. The Kier molecular flexibility index (Phi) is 18.4. The number of methoxy groups -OCH3 is 1. The van der Waals surface area contributed by atoms with Gasteiger partial charge in [0.05, 0.1) is 7.11 Å². The molecular weight excluding hydrogens is 300 g/mol. The monoisotopic (exact) mass is 334 g/mol. The Morgan fingerprint density at radius 2 is 1.24 bits per heavy atom. The molecule has 0 unspecified atom stereocenters. The molecule has 0 spiro atoms. The lowest BCUT2D eigenvalue weighted by Crippen LogP contribution is -1.99. The van der Waals surface area contributed by atoms with Gasteiger partial charge in [-0.1, -0.05) is 79.9 Å². The Morgan fingerprint density at radius 3 is 1.76 bits per heavy atom. The van der Waals surface area contributed by atoms with Crippen molar-refractivity contribution in [3.63, 3.8) is 0 Å². The van der Waals surface area contributed by atoms with Crippen LogP contribution in [0.5, 0.6) is 0 Å². The summed E-state index contributed by atoms with van der Waals surface area (Å²) in [5, 5.41) is 0. The zero-order chi connectivity index (χ0) is 15.6. The lowest BCUT2D eigenvalue weighted by molar-refractivity contribution is -0.140. The number of esters is 1. The first-order chi connectivity index (χ1) is 10.3. The van der Waals surface area contributed by atoms with E-state index >= 15 is 0 Å². The van der Waals surface area contributed by atoms with Gasteiger partial charge in [0.2, 0.25) is 0 Å². The van der Waals surface area contributed by atoms with Crippen LogP contribution in [0.4, 0.5) is 0 Å². The minimum absolute atomic E-state index is 0.0812. The molecule has 0 atom stereocenters. The van der Waals surface area contributed by atoms with Gasteiger partial charge in [-0.2, -0.15) is 0 Å². The maximum absolute atomic E-state index is 10.9. The van der Waals surface area contributed by atoms with Crippen molar-refractivity contribution in [2.24, 2.45) is 0 Å². The molecule has 0 aliphatic rings. The highest BCUT2D eigenvalue weighted by molar-refractivity contribution is 8.76. The Bertz CT molecular complexity index is 223. The first-order valence-corrected chi connectivity index (χ1v) is 11.1. The summed E-state index contributed by atoms with van der Waals surface area (Å²) < 4.78 is 4.62. The molecule has 0 aromatic heterocycles. The topological polar surface area (TPSA) is 26.3 Å². The van der Waals surface area contributed by atoms with E-state index in [1.54, 1.807) is 0 Å². The molecule has 0 fully saturated rings. The van der Waals surface area contributed by atoms with Crippen molar-refractivity contribution in [1.29, 1.82) is 0 Å². The standard InChI is InChI=1S/C17H34O2S2/c1-3-4-5-6-7-8-9-10-12-15-20-21-16-13-11-14-17(18)19-2/h3-16H2,1-2H3. The molecule has 0 saturated carbocycles. The number of rotatable bonds is 16. The third-order valence-corrected chi connectivity index (χ3v) is 6.08. The van der Waals surface area contributed by atoms with E-state index in [1.807, 2.05) is 21.6 Å². The summed E-state index contributed by atoms with van der Waals surface area (Å²) in [6.07, 6.45) is 15.3. The molecule has 4 heteroatoms. The fraction of sp³-hybridized carbons (Fsp3) is 0.941. The maximum atomic E-state index is 10.9. The fourth-order valence-corrected chi connectivity index (χ4v) is 4.42. The molecule has 0 aliphatic carbocycles. The second-order valence-electron chi connectivity index (χ2n) is 5.51. The summed E-state index contributed by atoms with van der Waals surface area (Å²) in [4.78, 5) is 10.9. The summed E-state index contributed by atoms with van der Waals surface area (Å²) in [6.45, 7) is 2.27. The van der Waals surface area contributed by atoms with Crippen molar-refractivity contribution in [2.45, 2.75) is 84.0 Å². The third-order valence-electron chi connectivity index (χ3n) is 3.50. The SMILES string of the molecule is CCCCCCCCCCCSSCCCCC(=O)OC. The molecular formula is C17H34O2S2. The summed E-state index contributed by atoms with van der Waals surface area (Å²) in [6, 6.07) is 0. The van der Waals surface area contributed by atoms with Crippen LogP contribution in [-0.2, 0) is 9.53 Å². The van der Waals surface area contributed by atoms with Gasteiger partial charge in [0.25, 0.3) is 0 Å². The lowest BCUT2D eigenvalue weighted by atomic mass is 10.1. The first-order valence-electron chi connectivity index (χ1n) is 8.62. The van der Waals surface area contributed by atoms with Gasteiger partial charge in [0.1, 0.15) is 0 Å². The van der Waals surface area contributed by atoms with Crippen molar-refractivity contribution >= 4 is 27.6 Å². The molecule has 0 aromatic carbocycles. The van der Waals surface area contributed by atoms with E-state index in [9.17, 15) is 4.79 Å². The molecule has 126 valence electrons. The average Bonchev–Trinajstić information content (AvgIpc) is 2.50. The van der Waals surface area contributed by atoms with Crippen molar-refractivity contribution in [1.82, 2.24) is 0 Å². The van der Waals surface area contributed by atoms with E-state index in [0.717, 1.165) is 18.6 Å². The molecule has 0 N–H and O–H groups in total. The van der Waals surface area contributed by atoms with Crippen molar-refractivity contribution in [2.75, 3.05) is 18.6 Å². The number of hydrogen-bond acceptors (Lipinski definition) is 4. The van der Waals surface area contributed by atoms with E-state index in [1.165, 1.54) is 70.7 Å². The zero-order valence-corrected chi connectivity index (χ0v) is 15.7. The Hall–Kier alpha value is 0.170. The first kappa shape index (κ1) is 21.2. The zero-order valence-electron chi connectivity index (χ0n) is 14.0. The molecule has 0 aromatic rings. The second-order valence-corrected chi connectivity index (χ2v) is 8.21. The fourth-order valence-electron chi connectivity index (χ4n) is 2.12. The van der Waals surface area contributed by atoms with Crippen molar-refractivity contribution < 1.29 is 9.53 Å². The minimum Gasteiger partial charge on any atom is -0.469 e. The van der Waals surface area contributed by atoms with Crippen LogP contribution in [-0.4, -0.2) is 24.6 Å². The molecule has 0 heterocycles.